The molecule has 7 heteroatoms. The Bertz CT molecular complexity index is 709. The minimum absolute atomic E-state index is 0.196. The monoisotopic (exact) mass is 319 g/mol. The molecule has 0 aliphatic carbocycles. The summed E-state index contributed by atoms with van der Waals surface area (Å²) in [7, 11) is 1.87. The number of aryl methyl sites for hydroxylation is 2. The van der Waals surface area contributed by atoms with Crippen molar-refractivity contribution in [3.05, 3.63) is 23.1 Å². The number of amides is 1. The van der Waals surface area contributed by atoms with Crippen LogP contribution >= 0.6 is 0 Å². The molecule has 1 unspecified atom stereocenters. The van der Waals surface area contributed by atoms with E-state index >= 15 is 0 Å². The normalized spacial score (nSPS) is 13.2. The Hall–Kier alpha value is -2.15. The van der Waals surface area contributed by atoms with Crippen molar-refractivity contribution in [3.63, 3.8) is 0 Å². The molecule has 2 heterocycles. The fourth-order valence-electron chi connectivity index (χ4n) is 2.30. The molecule has 0 fully saturated rings. The predicted molar refractivity (Wildman–Crippen MR) is 88.1 cm³/mol. The Morgan fingerprint density at radius 3 is 2.61 bits per heavy atom. The van der Waals surface area contributed by atoms with Gasteiger partial charge in [0.1, 0.15) is 5.69 Å². The van der Waals surface area contributed by atoms with Crippen LogP contribution in [0.25, 0.3) is 11.3 Å². The minimum atomic E-state index is -0.614. The van der Waals surface area contributed by atoms with E-state index in [1.807, 2.05) is 41.7 Å². The highest BCUT2D eigenvalue weighted by atomic mass is 16.3. The van der Waals surface area contributed by atoms with Crippen LogP contribution in [0.5, 0.6) is 0 Å². The van der Waals surface area contributed by atoms with Gasteiger partial charge in [-0.25, -0.2) is 0 Å². The van der Waals surface area contributed by atoms with E-state index in [9.17, 15) is 9.90 Å². The standard InChI is InChI=1S/C16H25N5O2/c1-9-14(10(2)21(6)20-9)11-7-12(19-18-11)15(23)17-8-13(22)16(3,4)5/h7,13,22H,8H2,1-6H3,(H,17,23)(H,18,19). The highest BCUT2D eigenvalue weighted by Gasteiger charge is 2.23. The maximum atomic E-state index is 12.2. The van der Waals surface area contributed by atoms with Gasteiger partial charge in [-0.05, 0) is 25.3 Å². The molecule has 7 nitrogen and oxygen atoms in total. The summed E-state index contributed by atoms with van der Waals surface area (Å²) in [6, 6.07) is 1.70. The number of aromatic nitrogens is 4. The number of hydrogen-bond donors (Lipinski definition) is 3. The molecule has 126 valence electrons. The molecule has 23 heavy (non-hydrogen) atoms. The highest BCUT2D eigenvalue weighted by Crippen LogP contribution is 2.25. The number of carbonyl (C=O) groups excluding carboxylic acids is 1. The Morgan fingerprint density at radius 1 is 1.43 bits per heavy atom. The van der Waals surface area contributed by atoms with E-state index in [2.05, 4.69) is 20.6 Å². The topological polar surface area (TPSA) is 95.8 Å². The van der Waals surface area contributed by atoms with Crippen LogP contribution in [-0.4, -0.2) is 43.6 Å². The predicted octanol–water partition coefficient (Wildman–Crippen LogP) is 1.56. The average molecular weight is 319 g/mol. The van der Waals surface area contributed by atoms with Gasteiger partial charge in [-0.3, -0.25) is 14.6 Å². The minimum Gasteiger partial charge on any atom is -0.391 e. The van der Waals surface area contributed by atoms with Gasteiger partial charge in [0.15, 0.2) is 0 Å². The lowest BCUT2D eigenvalue weighted by molar-refractivity contribution is 0.0585. The van der Waals surface area contributed by atoms with Crippen molar-refractivity contribution in [2.45, 2.75) is 40.7 Å². The second-order valence-corrected chi connectivity index (χ2v) is 6.93. The van der Waals surface area contributed by atoms with Crippen molar-refractivity contribution in [1.29, 1.82) is 0 Å². The van der Waals surface area contributed by atoms with E-state index in [0.717, 1.165) is 17.0 Å². The summed E-state index contributed by atoms with van der Waals surface area (Å²) in [5.41, 5.74) is 3.56. The van der Waals surface area contributed by atoms with Gasteiger partial charge in [0.2, 0.25) is 0 Å². The number of nitrogens with one attached hydrogen (secondary N) is 2. The van der Waals surface area contributed by atoms with Crippen LogP contribution in [0.2, 0.25) is 0 Å². The molecule has 0 aliphatic rings. The quantitative estimate of drug-likeness (QED) is 0.797. The molecule has 0 spiro atoms. The zero-order valence-electron chi connectivity index (χ0n) is 14.6. The number of aliphatic hydroxyl groups is 1. The van der Waals surface area contributed by atoms with Crippen LogP contribution in [0.1, 0.15) is 42.6 Å². The molecule has 0 aromatic carbocycles. The number of rotatable bonds is 4. The van der Waals surface area contributed by atoms with Gasteiger partial charge in [0.05, 0.1) is 17.5 Å². The molecule has 1 amide bonds. The molecule has 2 aromatic rings. The summed E-state index contributed by atoms with van der Waals surface area (Å²) < 4.78 is 1.79. The fraction of sp³-hybridized carbons (Fsp3) is 0.562. The first-order valence-electron chi connectivity index (χ1n) is 7.63. The first-order valence-corrected chi connectivity index (χ1v) is 7.63. The Kier molecular flexibility index (Phi) is 4.61. The van der Waals surface area contributed by atoms with E-state index < -0.39 is 6.10 Å². The van der Waals surface area contributed by atoms with E-state index in [4.69, 9.17) is 0 Å². The molecule has 0 saturated carbocycles. The molecular weight excluding hydrogens is 294 g/mol. The van der Waals surface area contributed by atoms with Crippen molar-refractivity contribution in [1.82, 2.24) is 25.3 Å². The van der Waals surface area contributed by atoms with Crippen molar-refractivity contribution >= 4 is 5.91 Å². The van der Waals surface area contributed by atoms with Gasteiger partial charge in [-0.2, -0.15) is 10.2 Å². The van der Waals surface area contributed by atoms with Gasteiger partial charge in [0, 0.05) is 24.8 Å². The first-order chi connectivity index (χ1) is 10.6. The second kappa shape index (κ2) is 6.16. The third kappa shape index (κ3) is 3.61. The molecular formula is C16H25N5O2. The number of aliphatic hydroxyl groups excluding tert-OH is 1. The van der Waals surface area contributed by atoms with Gasteiger partial charge in [-0.15, -0.1) is 0 Å². The Balaban J connectivity index is 2.12. The summed E-state index contributed by atoms with van der Waals surface area (Å²) in [4.78, 5) is 12.2. The van der Waals surface area contributed by atoms with Gasteiger partial charge in [0.25, 0.3) is 5.91 Å². The van der Waals surface area contributed by atoms with Gasteiger partial charge < -0.3 is 10.4 Å². The van der Waals surface area contributed by atoms with Gasteiger partial charge >= 0.3 is 0 Å². The molecule has 2 aromatic heterocycles. The first kappa shape index (κ1) is 17.2. The van der Waals surface area contributed by atoms with Crippen LogP contribution in [-0.2, 0) is 7.05 Å². The van der Waals surface area contributed by atoms with E-state index in [0.29, 0.717) is 11.4 Å². The van der Waals surface area contributed by atoms with Crippen molar-refractivity contribution in [3.8, 4) is 11.3 Å². The molecule has 1 atom stereocenters. The van der Waals surface area contributed by atoms with E-state index in [1.54, 1.807) is 10.7 Å². The zero-order chi connectivity index (χ0) is 17.4. The Morgan fingerprint density at radius 2 is 2.09 bits per heavy atom. The molecule has 0 aliphatic heterocycles. The largest absolute Gasteiger partial charge is 0.391 e. The highest BCUT2D eigenvalue weighted by molar-refractivity contribution is 5.93. The smallest absolute Gasteiger partial charge is 0.269 e. The van der Waals surface area contributed by atoms with E-state index in [1.165, 1.54) is 0 Å². The summed E-state index contributed by atoms with van der Waals surface area (Å²) in [6.07, 6.45) is -0.614. The number of aromatic amines is 1. The van der Waals surface area contributed by atoms with Crippen LogP contribution in [0.3, 0.4) is 0 Å². The lowest BCUT2D eigenvalue weighted by atomic mass is 9.89. The second-order valence-electron chi connectivity index (χ2n) is 6.93. The van der Waals surface area contributed by atoms with Gasteiger partial charge in [-0.1, -0.05) is 20.8 Å². The van der Waals surface area contributed by atoms with Crippen LogP contribution in [0, 0.1) is 19.3 Å². The average Bonchev–Trinajstić information content (AvgIpc) is 3.00. The molecule has 2 rings (SSSR count). The number of H-pyrrole nitrogens is 1. The summed E-state index contributed by atoms with van der Waals surface area (Å²) in [5, 5.41) is 24.0. The lowest BCUT2D eigenvalue weighted by Crippen LogP contribution is -2.39. The molecule has 3 N–H and O–H groups in total. The Labute approximate surface area is 136 Å². The SMILES string of the molecule is Cc1nn(C)c(C)c1-c1cc(C(=O)NCC(O)C(C)(C)C)[nH]n1. The van der Waals surface area contributed by atoms with Crippen molar-refractivity contribution < 1.29 is 9.90 Å². The number of nitrogens with zero attached hydrogens (tertiary/aromatic N) is 3. The van der Waals surface area contributed by atoms with Crippen LogP contribution in [0.15, 0.2) is 6.07 Å². The molecule has 0 radical (unpaired) electrons. The number of carbonyl (C=O) groups is 1. The van der Waals surface area contributed by atoms with Crippen molar-refractivity contribution in [2.75, 3.05) is 6.54 Å². The molecule has 0 saturated heterocycles. The maximum absolute atomic E-state index is 12.2. The van der Waals surface area contributed by atoms with Crippen LogP contribution in [0.4, 0.5) is 0 Å². The third-order valence-corrected chi connectivity index (χ3v) is 4.04. The maximum Gasteiger partial charge on any atom is 0.269 e. The van der Waals surface area contributed by atoms with E-state index in [-0.39, 0.29) is 17.9 Å². The lowest BCUT2D eigenvalue weighted by Gasteiger charge is -2.25. The fourth-order valence-corrected chi connectivity index (χ4v) is 2.30. The van der Waals surface area contributed by atoms with Crippen molar-refractivity contribution in [2.24, 2.45) is 12.5 Å². The summed E-state index contributed by atoms with van der Waals surface area (Å²) >= 11 is 0. The van der Waals surface area contributed by atoms with Crippen LogP contribution < -0.4 is 5.32 Å². The summed E-state index contributed by atoms with van der Waals surface area (Å²) in [5.74, 6) is -0.286. The molecule has 0 bridgehead atoms. The summed E-state index contributed by atoms with van der Waals surface area (Å²) in [6.45, 7) is 9.84. The third-order valence-electron chi connectivity index (χ3n) is 4.04. The number of hydrogen-bond acceptors (Lipinski definition) is 4. The zero-order valence-corrected chi connectivity index (χ0v) is 14.6.